The fraction of sp³-hybridized carbons (Fsp3) is 0.214. The highest BCUT2D eigenvalue weighted by Crippen LogP contribution is 2.29. The zero-order valence-electron chi connectivity index (χ0n) is 12.8. The summed E-state index contributed by atoms with van der Waals surface area (Å²) in [6, 6.07) is 7.48. The first-order chi connectivity index (χ1) is 11.3. The van der Waals surface area contributed by atoms with Gasteiger partial charge in [0.15, 0.2) is 0 Å². The third-order valence-corrected chi connectivity index (χ3v) is 5.65. The lowest BCUT2D eigenvalue weighted by Gasteiger charge is -2.21. The molecule has 0 bridgehead atoms. The minimum absolute atomic E-state index is 0.0608. The van der Waals surface area contributed by atoms with Crippen LogP contribution in [0.2, 0.25) is 0 Å². The molecule has 0 unspecified atom stereocenters. The summed E-state index contributed by atoms with van der Waals surface area (Å²) in [5.41, 5.74) is 0.413. The van der Waals surface area contributed by atoms with Gasteiger partial charge in [0.25, 0.3) is 10.0 Å². The lowest BCUT2D eigenvalue weighted by molar-refractivity contribution is -0.135. The number of carboxylic acids is 1. The Morgan fingerprint density at radius 2 is 1.92 bits per heavy atom. The molecule has 128 valence electrons. The number of hydrogen-bond acceptors (Lipinski definition) is 6. The van der Waals surface area contributed by atoms with E-state index in [1.54, 1.807) is 25.1 Å². The van der Waals surface area contributed by atoms with Crippen LogP contribution in [-0.4, -0.2) is 43.1 Å². The van der Waals surface area contributed by atoms with Crippen molar-refractivity contribution < 1.29 is 23.1 Å². The number of nitrogens with zero attached hydrogens (tertiary/aromatic N) is 3. The fourth-order valence-corrected chi connectivity index (χ4v) is 3.54. The summed E-state index contributed by atoms with van der Waals surface area (Å²) in [7, 11) is -2.78. The Bertz CT molecular complexity index is 858. The molecule has 0 fully saturated rings. The van der Waals surface area contributed by atoms with Gasteiger partial charge in [0.2, 0.25) is 11.8 Å². The Kier molecular flexibility index (Phi) is 5.40. The van der Waals surface area contributed by atoms with Crippen molar-refractivity contribution in [1.82, 2.24) is 9.97 Å². The standard InChI is InChI=1S/C14H14BrN3O5S/c1-9-12(15)13(23-2)17-14(16-9)18(8-11(19)20)24(21,22)10-6-4-3-5-7-10/h3-7H,8H2,1-2H3,(H,19,20). The minimum atomic E-state index is -4.15. The molecule has 0 aliphatic rings. The van der Waals surface area contributed by atoms with Crippen molar-refractivity contribution in [3.63, 3.8) is 0 Å². The quantitative estimate of drug-likeness (QED) is 0.765. The molecule has 8 nitrogen and oxygen atoms in total. The third kappa shape index (κ3) is 3.65. The number of hydrogen-bond donors (Lipinski definition) is 1. The van der Waals surface area contributed by atoms with Gasteiger partial charge >= 0.3 is 5.97 Å². The second-order valence-electron chi connectivity index (χ2n) is 4.65. The SMILES string of the molecule is COc1nc(N(CC(=O)O)S(=O)(=O)c2ccccc2)nc(C)c1Br. The van der Waals surface area contributed by atoms with Crippen molar-refractivity contribution in [2.75, 3.05) is 18.0 Å². The van der Waals surface area contributed by atoms with Gasteiger partial charge in [0, 0.05) is 0 Å². The van der Waals surface area contributed by atoms with Crippen LogP contribution in [0.3, 0.4) is 0 Å². The molecule has 1 aromatic carbocycles. The minimum Gasteiger partial charge on any atom is -0.480 e. The van der Waals surface area contributed by atoms with Crippen LogP contribution in [0.25, 0.3) is 0 Å². The molecule has 24 heavy (non-hydrogen) atoms. The van der Waals surface area contributed by atoms with E-state index < -0.39 is 22.5 Å². The van der Waals surface area contributed by atoms with E-state index >= 15 is 0 Å². The van der Waals surface area contributed by atoms with Gasteiger partial charge in [-0.3, -0.25) is 4.79 Å². The van der Waals surface area contributed by atoms with Crippen LogP contribution in [0.5, 0.6) is 5.88 Å². The van der Waals surface area contributed by atoms with E-state index in [0.29, 0.717) is 14.5 Å². The second-order valence-corrected chi connectivity index (χ2v) is 7.31. The normalized spacial score (nSPS) is 11.1. The lowest BCUT2D eigenvalue weighted by atomic mass is 10.4. The van der Waals surface area contributed by atoms with Crippen LogP contribution < -0.4 is 9.04 Å². The molecule has 2 rings (SSSR count). The molecular weight excluding hydrogens is 402 g/mol. The second kappa shape index (κ2) is 7.14. The number of halogens is 1. The van der Waals surface area contributed by atoms with E-state index in [-0.39, 0.29) is 16.7 Å². The zero-order chi connectivity index (χ0) is 17.9. The smallest absolute Gasteiger partial charge is 0.324 e. The Morgan fingerprint density at radius 1 is 1.29 bits per heavy atom. The summed E-state index contributed by atoms with van der Waals surface area (Å²) in [6.45, 7) is 0.799. The molecule has 0 aliphatic heterocycles. The molecule has 0 spiro atoms. The summed E-state index contributed by atoms with van der Waals surface area (Å²) >= 11 is 3.24. The van der Waals surface area contributed by atoms with E-state index in [2.05, 4.69) is 25.9 Å². The average molecular weight is 416 g/mol. The zero-order valence-corrected chi connectivity index (χ0v) is 15.2. The highest BCUT2D eigenvalue weighted by Gasteiger charge is 2.30. The van der Waals surface area contributed by atoms with Gasteiger partial charge in [-0.05, 0) is 35.0 Å². The van der Waals surface area contributed by atoms with Crippen molar-refractivity contribution in [2.24, 2.45) is 0 Å². The van der Waals surface area contributed by atoms with Crippen LogP contribution in [-0.2, 0) is 14.8 Å². The molecule has 1 heterocycles. The highest BCUT2D eigenvalue weighted by atomic mass is 79.9. The molecule has 0 amide bonds. The topological polar surface area (TPSA) is 110 Å². The number of aliphatic carboxylic acids is 1. The molecule has 10 heteroatoms. The average Bonchev–Trinajstić information content (AvgIpc) is 2.55. The molecule has 0 aliphatic carbocycles. The number of carboxylic acid groups (broad SMARTS) is 1. The van der Waals surface area contributed by atoms with Gasteiger partial charge in [0.05, 0.1) is 17.7 Å². The number of carbonyl (C=O) groups is 1. The molecule has 0 saturated heterocycles. The third-order valence-electron chi connectivity index (χ3n) is 3.00. The Balaban J connectivity index is 2.62. The van der Waals surface area contributed by atoms with Crippen LogP contribution in [0.1, 0.15) is 5.69 Å². The predicted octanol–water partition coefficient (Wildman–Crippen LogP) is 1.84. The van der Waals surface area contributed by atoms with Gasteiger partial charge < -0.3 is 9.84 Å². The molecule has 0 atom stereocenters. The lowest BCUT2D eigenvalue weighted by Crippen LogP contribution is -2.37. The highest BCUT2D eigenvalue weighted by molar-refractivity contribution is 9.10. The summed E-state index contributed by atoms with van der Waals surface area (Å²) in [5.74, 6) is -1.51. The Morgan fingerprint density at radius 3 is 2.46 bits per heavy atom. The van der Waals surface area contributed by atoms with Crippen molar-refractivity contribution in [3.8, 4) is 5.88 Å². The molecule has 1 N–H and O–H groups in total. The van der Waals surface area contributed by atoms with E-state index in [1.165, 1.54) is 19.2 Å². The first-order valence-electron chi connectivity index (χ1n) is 6.65. The summed E-state index contributed by atoms with van der Waals surface area (Å²) in [4.78, 5) is 19.2. The van der Waals surface area contributed by atoms with Gasteiger partial charge in [-0.2, -0.15) is 4.98 Å². The largest absolute Gasteiger partial charge is 0.480 e. The van der Waals surface area contributed by atoms with Gasteiger partial charge in [-0.1, -0.05) is 18.2 Å². The predicted molar refractivity (Wildman–Crippen MR) is 89.6 cm³/mol. The number of sulfonamides is 1. The van der Waals surface area contributed by atoms with Gasteiger partial charge in [-0.25, -0.2) is 17.7 Å². The van der Waals surface area contributed by atoms with Crippen LogP contribution in [0, 0.1) is 6.92 Å². The molecule has 2 aromatic rings. The summed E-state index contributed by atoms with van der Waals surface area (Å²) < 4.78 is 31.8. The van der Waals surface area contributed by atoms with Crippen molar-refractivity contribution in [3.05, 3.63) is 40.5 Å². The number of benzene rings is 1. The van der Waals surface area contributed by atoms with Crippen LogP contribution >= 0.6 is 15.9 Å². The maximum atomic E-state index is 12.8. The number of anilines is 1. The van der Waals surface area contributed by atoms with E-state index in [0.717, 1.165) is 0 Å². The molecule has 1 aromatic heterocycles. The first kappa shape index (κ1) is 18.1. The van der Waals surface area contributed by atoms with Crippen LogP contribution in [0.15, 0.2) is 39.7 Å². The Hall–Kier alpha value is -2.20. The van der Waals surface area contributed by atoms with E-state index in [9.17, 15) is 13.2 Å². The summed E-state index contributed by atoms with van der Waals surface area (Å²) in [6.07, 6.45) is 0. The maximum absolute atomic E-state index is 12.8. The number of aryl methyl sites for hydroxylation is 1. The number of methoxy groups -OCH3 is 1. The maximum Gasteiger partial charge on any atom is 0.324 e. The number of rotatable bonds is 6. The molecule has 0 saturated carbocycles. The van der Waals surface area contributed by atoms with Gasteiger partial charge in [-0.15, -0.1) is 0 Å². The fourth-order valence-electron chi connectivity index (χ4n) is 1.87. The molecular formula is C14H14BrN3O5S. The van der Waals surface area contributed by atoms with Crippen molar-refractivity contribution in [1.29, 1.82) is 0 Å². The van der Waals surface area contributed by atoms with Crippen LogP contribution in [0.4, 0.5) is 5.95 Å². The van der Waals surface area contributed by atoms with E-state index in [4.69, 9.17) is 9.84 Å². The first-order valence-corrected chi connectivity index (χ1v) is 8.88. The van der Waals surface area contributed by atoms with E-state index in [1.807, 2.05) is 0 Å². The summed E-state index contributed by atoms with van der Waals surface area (Å²) in [5, 5.41) is 9.10. The number of ether oxygens (including phenoxy) is 1. The van der Waals surface area contributed by atoms with Crippen molar-refractivity contribution in [2.45, 2.75) is 11.8 Å². The molecule has 0 radical (unpaired) electrons. The monoisotopic (exact) mass is 415 g/mol. The van der Waals surface area contributed by atoms with Gasteiger partial charge in [0.1, 0.15) is 11.0 Å². The Labute approximate surface area is 147 Å². The number of aromatic nitrogens is 2. The van der Waals surface area contributed by atoms with Crippen molar-refractivity contribution >= 4 is 37.9 Å².